The highest BCUT2D eigenvalue weighted by Gasteiger charge is 2.34. The van der Waals surface area contributed by atoms with Gasteiger partial charge < -0.3 is 48.3 Å². The smallest absolute Gasteiger partial charge is 0.326 e. The molecule has 318 valence electrons. The van der Waals surface area contributed by atoms with Crippen molar-refractivity contribution < 1.29 is 48.6 Å². The summed E-state index contributed by atoms with van der Waals surface area (Å²) in [7, 11) is 0. The van der Waals surface area contributed by atoms with Crippen LogP contribution in [0.15, 0.2) is 12.2 Å². The molecular formula is C36H63N9O10S. The molecule has 0 bridgehead atoms. The zero-order chi connectivity index (χ0) is 42.5. The van der Waals surface area contributed by atoms with E-state index in [1.807, 2.05) is 20.1 Å². The average Bonchev–Trinajstić information content (AvgIpc) is 3.15. The molecule has 1 fully saturated rings. The normalized spacial score (nSPS) is 22.9. The number of carboxylic acid groups (broad SMARTS) is 1. The second-order valence-electron chi connectivity index (χ2n) is 14.3. The average molecular weight is 814 g/mol. The van der Waals surface area contributed by atoms with Crippen molar-refractivity contribution in [3.8, 4) is 0 Å². The van der Waals surface area contributed by atoms with E-state index in [1.54, 1.807) is 13.8 Å². The molecule has 0 aromatic rings. The highest BCUT2D eigenvalue weighted by molar-refractivity contribution is 7.98. The molecule has 1 aliphatic heterocycles. The molecule has 0 aliphatic carbocycles. The van der Waals surface area contributed by atoms with Crippen molar-refractivity contribution in [3.05, 3.63) is 12.2 Å². The van der Waals surface area contributed by atoms with Crippen LogP contribution in [0.5, 0.6) is 0 Å². The second-order valence-corrected chi connectivity index (χ2v) is 15.3. The van der Waals surface area contributed by atoms with Crippen molar-refractivity contribution in [2.75, 3.05) is 25.2 Å². The summed E-state index contributed by atoms with van der Waals surface area (Å²) >= 11 is 1.45. The van der Waals surface area contributed by atoms with Crippen LogP contribution in [0.3, 0.4) is 0 Å². The number of aliphatic carboxylic acids is 1. The lowest BCUT2D eigenvalue weighted by Gasteiger charge is -2.29. The molecule has 1 saturated heterocycles. The summed E-state index contributed by atoms with van der Waals surface area (Å²) in [5, 5.41) is 33.0. The maximum atomic E-state index is 13.7. The Morgan fingerprint density at radius 1 is 1.00 bits per heavy atom. The van der Waals surface area contributed by atoms with E-state index < -0.39 is 96.1 Å². The molecular weight excluding hydrogens is 751 g/mol. The zero-order valence-electron chi connectivity index (χ0n) is 33.1. The summed E-state index contributed by atoms with van der Waals surface area (Å²) in [5.41, 5.74) is 16.7. The predicted molar refractivity (Wildman–Crippen MR) is 210 cm³/mol. The number of nitrogens with two attached hydrogens (primary N) is 2. The maximum Gasteiger partial charge on any atom is 0.326 e. The minimum Gasteiger partial charge on any atom is -0.480 e. The third kappa shape index (κ3) is 17.4. The monoisotopic (exact) mass is 813 g/mol. The molecule has 0 radical (unpaired) electrons. The van der Waals surface area contributed by atoms with Gasteiger partial charge >= 0.3 is 5.97 Å². The van der Waals surface area contributed by atoms with Crippen LogP contribution in [0.25, 0.3) is 0 Å². The van der Waals surface area contributed by atoms with Gasteiger partial charge in [0, 0.05) is 25.0 Å². The number of hydrogen-bond donors (Lipinski definition) is 11. The van der Waals surface area contributed by atoms with Crippen molar-refractivity contribution in [3.63, 3.8) is 0 Å². The van der Waals surface area contributed by atoms with E-state index in [0.717, 1.165) is 0 Å². The van der Waals surface area contributed by atoms with Crippen LogP contribution >= 0.6 is 11.8 Å². The van der Waals surface area contributed by atoms with Crippen LogP contribution in [0.2, 0.25) is 0 Å². The Morgan fingerprint density at radius 2 is 1.68 bits per heavy atom. The van der Waals surface area contributed by atoms with Crippen LogP contribution in [0.4, 0.5) is 0 Å². The number of primary amides is 1. The fourth-order valence-corrected chi connectivity index (χ4v) is 6.08. The highest BCUT2D eigenvalue weighted by atomic mass is 32.2. The van der Waals surface area contributed by atoms with Crippen LogP contribution in [0, 0.1) is 11.8 Å². The number of carbonyl (C=O) groups is 8. The van der Waals surface area contributed by atoms with Gasteiger partial charge in [0.1, 0.15) is 24.2 Å². The number of Topliss-reactive ketones (excluding diaryl/α,β-unsaturated/α-hetero) is 1. The van der Waals surface area contributed by atoms with Crippen LogP contribution in [0.1, 0.15) is 85.5 Å². The van der Waals surface area contributed by atoms with Gasteiger partial charge in [-0.1, -0.05) is 40.7 Å². The molecule has 0 aromatic carbocycles. The number of rotatable bonds is 17. The van der Waals surface area contributed by atoms with E-state index in [2.05, 4.69) is 44.0 Å². The van der Waals surface area contributed by atoms with Gasteiger partial charge in [-0.15, -0.1) is 0 Å². The Kier molecular flexibility index (Phi) is 23.1. The minimum absolute atomic E-state index is 0.0668. The predicted octanol–water partition coefficient (Wildman–Crippen LogP) is -1.91. The van der Waals surface area contributed by atoms with Crippen molar-refractivity contribution in [2.24, 2.45) is 23.3 Å². The highest BCUT2D eigenvalue weighted by Crippen LogP contribution is 2.14. The first-order chi connectivity index (χ1) is 26.4. The first kappa shape index (κ1) is 49.9. The first-order valence-corrected chi connectivity index (χ1v) is 20.4. The van der Waals surface area contributed by atoms with E-state index in [1.165, 1.54) is 11.8 Å². The molecule has 13 N–H and O–H groups in total. The third-order valence-electron chi connectivity index (χ3n) is 9.55. The molecule has 4 unspecified atom stereocenters. The largest absolute Gasteiger partial charge is 0.480 e. The molecule has 8 atom stereocenters. The lowest BCUT2D eigenvalue weighted by molar-refractivity contribution is -0.143. The van der Waals surface area contributed by atoms with Gasteiger partial charge in [-0.05, 0) is 62.4 Å². The Labute approximate surface area is 332 Å². The zero-order valence-corrected chi connectivity index (χ0v) is 33.9. The Morgan fingerprint density at radius 3 is 2.25 bits per heavy atom. The van der Waals surface area contributed by atoms with Gasteiger partial charge in [0.25, 0.3) is 0 Å². The summed E-state index contributed by atoms with van der Waals surface area (Å²) in [4.78, 5) is 103. The fourth-order valence-electron chi connectivity index (χ4n) is 5.61. The Hall–Kier alpha value is -4.11. The molecule has 19 nitrogen and oxygen atoms in total. The number of carboxylic acids is 1. The number of hydrogen-bond acceptors (Lipinski definition) is 13. The number of aliphatic hydroxyl groups is 1. The number of nitrogens with one attached hydrogen (secondary N) is 7. The van der Waals surface area contributed by atoms with E-state index in [0.29, 0.717) is 25.0 Å². The Bertz CT molecular complexity index is 1380. The summed E-state index contributed by atoms with van der Waals surface area (Å²) in [6.07, 6.45) is 2.85. The topological polar surface area (TPSA) is 313 Å². The van der Waals surface area contributed by atoms with Crippen molar-refractivity contribution in [2.45, 2.75) is 128 Å². The summed E-state index contributed by atoms with van der Waals surface area (Å²) in [6, 6.07) is -8.07. The molecule has 6 amide bonds. The SMILES string of the molecule is C=C1C(=O)[C@H](CO)NNC(C(=O)N[C@H](C(=O)NC(CCC(N)=O)C(=O)O)C(C)C)CCCCNC(=O)CCC(NC(=O)C(N)[C@@H](C)CC)C(=O)N[C@H]1CCSC. The van der Waals surface area contributed by atoms with Gasteiger partial charge in [-0.3, -0.25) is 33.6 Å². The molecule has 20 heteroatoms. The third-order valence-corrected chi connectivity index (χ3v) is 10.2. The first-order valence-electron chi connectivity index (χ1n) is 19.0. The summed E-state index contributed by atoms with van der Waals surface area (Å²) < 4.78 is 0. The van der Waals surface area contributed by atoms with Crippen LogP contribution in [-0.4, -0.2) is 125 Å². The summed E-state index contributed by atoms with van der Waals surface area (Å²) in [5.74, 6) is -6.11. The van der Waals surface area contributed by atoms with Gasteiger partial charge in [0.2, 0.25) is 35.4 Å². The van der Waals surface area contributed by atoms with Gasteiger partial charge in [-0.25, -0.2) is 15.6 Å². The fraction of sp³-hybridized carbons (Fsp3) is 0.722. The van der Waals surface area contributed by atoms with Crippen molar-refractivity contribution in [1.82, 2.24) is 37.4 Å². The number of thioether (sulfide) groups is 1. The summed E-state index contributed by atoms with van der Waals surface area (Å²) in [6.45, 7) is 10.4. The minimum atomic E-state index is -1.44. The van der Waals surface area contributed by atoms with Gasteiger partial charge in [-0.2, -0.15) is 11.8 Å². The van der Waals surface area contributed by atoms with Crippen LogP contribution in [-0.2, 0) is 38.4 Å². The van der Waals surface area contributed by atoms with Gasteiger partial charge in [0.15, 0.2) is 5.78 Å². The second kappa shape index (κ2) is 25.9. The number of amides is 6. The lowest BCUT2D eigenvalue weighted by Crippen LogP contribution is -2.60. The number of hydrazine groups is 1. The van der Waals surface area contributed by atoms with E-state index in [4.69, 9.17) is 11.5 Å². The van der Waals surface area contributed by atoms with Crippen molar-refractivity contribution in [1.29, 1.82) is 0 Å². The molecule has 56 heavy (non-hydrogen) atoms. The van der Waals surface area contributed by atoms with Gasteiger partial charge in [0.05, 0.1) is 24.7 Å². The number of aliphatic hydroxyl groups excluding tert-OH is 1. The molecule has 0 spiro atoms. The van der Waals surface area contributed by atoms with E-state index >= 15 is 0 Å². The molecule has 1 rings (SSSR count). The standard InChI is InChI=1S/C36H63N9O10S/c1-7-20(4)29(38)34(52)41-23-12-14-28(48)39-16-9-8-10-24(44-45-26(18-46)31(49)21(5)22(15-17-56-6)40-32(23)50)33(51)43-30(19(2)3)35(53)42-25(36(54)55)11-13-27(37)47/h19-20,22-26,29-30,44-46H,5,7-18,38H2,1-4,6H3,(H2,37,47)(H,39,48)(H,40,50)(H,41,52)(H,42,53)(H,43,51)(H,54,55)/t20-,22-,23?,24?,25?,26-,29?,30-/m0/s1. The molecule has 1 heterocycles. The molecule has 0 aromatic heterocycles. The lowest BCUT2D eigenvalue weighted by atomic mass is 9.96. The maximum absolute atomic E-state index is 13.7. The number of carbonyl (C=O) groups excluding carboxylic acids is 7. The van der Waals surface area contributed by atoms with E-state index in [9.17, 15) is 48.6 Å². The molecule has 0 saturated carbocycles. The number of ketones is 1. The van der Waals surface area contributed by atoms with Crippen LogP contribution < -0.4 is 48.9 Å². The van der Waals surface area contributed by atoms with E-state index in [-0.39, 0.29) is 62.5 Å². The quantitative estimate of drug-likeness (QED) is 0.0715. The molecule has 1 aliphatic rings. The Balaban J connectivity index is 3.36. The van der Waals surface area contributed by atoms with Crippen molar-refractivity contribution >= 4 is 59.0 Å².